The zero-order valence-electron chi connectivity index (χ0n) is 10.4. The summed E-state index contributed by atoms with van der Waals surface area (Å²) in [5, 5.41) is 0. The lowest BCUT2D eigenvalue weighted by molar-refractivity contribution is -0.153. The summed E-state index contributed by atoms with van der Waals surface area (Å²) in [7, 11) is 0. The SMILES string of the molecule is CC1(c2ccccc2)CCC2C(=O)OC(=O)C2C1. The molecule has 3 unspecified atom stereocenters. The molecule has 0 aromatic heterocycles. The van der Waals surface area contributed by atoms with Crippen molar-refractivity contribution >= 4 is 11.9 Å². The van der Waals surface area contributed by atoms with Crippen molar-refractivity contribution < 1.29 is 14.3 Å². The molecule has 94 valence electrons. The number of ether oxygens (including phenoxy) is 1. The van der Waals surface area contributed by atoms with Gasteiger partial charge in [-0.05, 0) is 30.2 Å². The Morgan fingerprint density at radius 2 is 1.78 bits per heavy atom. The van der Waals surface area contributed by atoms with Crippen LogP contribution >= 0.6 is 0 Å². The fourth-order valence-electron chi connectivity index (χ4n) is 3.29. The van der Waals surface area contributed by atoms with Crippen molar-refractivity contribution in [3.05, 3.63) is 35.9 Å². The number of carbonyl (C=O) groups is 2. The Kier molecular flexibility index (Phi) is 2.51. The van der Waals surface area contributed by atoms with Gasteiger partial charge < -0.3 is 4.74 Å². The monoisotopic (exact) mass is 244 g/mol. The van der Waals surface area contributed by atoms with Gasteiger partial charge >= 0.3 is 11.9 Å². The van der Waals surface area contributed by atoms with Crippen LogP contribution in [0.1, 0.15) is 31.7 Å². The van der Waals surface area contributed by atoms with Crippen LogP contribution in [0.4, 0.5) is 0 Å². The highest BCUT2D eigenvalue weighted by atomic mass is 16.6. The molecule has 0 amide bonds. The smallest absolute Gasteiger partial charge is 0.317 e. The van der Waals surface area contributed by atoms with Gasteiger partial charge in [0.15, 0.2) is 0 Å². The summed E-state index contributed by atoms with van der Waals surface area (Å²) < 4.78 is 4.76. The summed E-state index contributed by atoms with van der Waals surface area (Å²) in [5.74, 6) is -1.09. The second-order valence-electron chi connectivity index (χ2n) is 5.62. The number of benzene rings is 1. The molecular formula is C15H16O3. The van der Waals surface area contributed by atoms with Gasteiger partial charge in [-0.15, -0.1) is 0 Å². The van der Waals surface area contributed by atoms with Crippen LogP contribution in [0, 0.1) is 11.8 Å². The molecule has 0 bridgehead atoms. The van der Waals surface area contributed by atoms with Gasteiger partial charge in [-0.3, -0.25) is 9.59 Å². The zero-order chi connectivity index (χ0) is 12.8. The number of esters is 2. The Hall–Kier alpha value is -1.64. The fraction of sp³-hybridized carbons (Fsp3) is 0.467. The molecule has 0 spiro atoms. The van der Waals surface area contributed by atoms with E-state index < -0.39 is 0 Å². The van der Waals surface area contributed by atoms with Crippen molar-refractivity contribution in [2.75, 3.05) is 0 Å². The van der Waals surface area contributed by atoms with Crippen LogP contribution in [0.2, 0.25) is 0 Å². The molecule has 1 aromatic carbocycles. The van der Waals surface area contributed by atoms with Gasteiger partial charge in [0.05, 0.1) is 11.8 Å². The third kappa shape index (κ3) is 1.65. The number of carbonyl (C=O) groups excluding carboxylic acids is 2. The van der Waals surface area contributed by atoms with Gasteiger partial charge in [0.25, 0.3) is 0 Å². The first-order chi connectivity index (χ1) is 8.60. The van der Waals surface area contributed by atoms with Crippen molar-refractivity contribution in [1.82, 2.24) is 0 Å². The Balaban J connectivity index is 1.90. The second-order valence-corrected chi connectivity index (χ2v) is 5.62. The molecule has 1 heterocycles. The van der Waals surface area contributed by atoms with Crippen molar-refractivity contribution in [3.8, 4) is 0 Å². The van der Waals surface area contributed by atoms with E-state index in [2.05, 4.69) is 19.1 Å². The molecule has 1 saturated carbocycles. The molecule has 1 aliphatic carbocycles. The molecule has 18 heavy (non-hydrogen) atoms. The predicted octanol–water partition coefficient (Wildman–Crippen LogP) is 2.44. The van der Waals surface area contributed by atoms with Crippen molar-refractivity contribution in [2.45, 2.75) is 31.6 Å². The van der Waals surface area contributed by atoms with E-state index in [4.69, 9.17) is 4.74 Å². The lowest BCUT2D eigenvalue weighted by atomic mass is 9.64. The summed E-state index contributed by atoms with van der Waals surface area (Å²) in [5.41, 5.74) is 1.22. The van der Waals surface area contributed by atoms with Crippen LogP contribution < -0.4 is 0 Å². The van der Waals surface area contributed by atoms with Crippen LogP contribution in [-0.2, 0) is 19.7 Å². The molecule has 0 N–H and O–H groups in total. The van der Waals surface area contributed by atoms with E-state index >= 15 is 0 Å². The number of fused-ring (bicyclic) bond motifs is 1. The Morgan fingerprint density at radius 1 is 1.11 bits per heavy atom. The van der Waals surface area contributed by atoms with E-state index in [9.17, 15) is 9.59 Å². The summed E-state index contributed by atoms with van der Waals surface area (Å²) in [6.07, 6.45) is 2.40. The maximum absolute atomic E-state index is 11.7. The van der Waals surface area contributed by atoms with Crippen molar-refractivity contribution in [3.63, 3.8) is 0 Å². The molecule has 1 aromatic rings. The zero-order valence-corrected chi connectivity index (χ0v) is 10.4. The largest absolute Gasteiger partial charge is 0.393 e. The summed E-state index contributed by atoms with van der Waals surface area (Å²) in [6, 6.07) is 10.2. The molecule has 3 nitrogen and oxygen atoms in total. The van der Waals surface area contributed by atoms with Gasteiger partial charge in [0.2, 0.25) is 0 Å². The van der Waals surface area contributed by atoms with Gasteiger partial charge in [-0.25, -0.2) is 0 Å². The third-order valence-electron chi connectivity index (χ3n) is 4.44. The number of hydrogen-bond acceptors (Lipinski definition) is 3. The van der Waals surface area contributed by atoms with E-state index in [-0.39, 0.29) is 29.2 Å². The quantitative estimate of drug-likeness (QED) is 0.563. The minimum Gasteiger partial charge on any atom is -0.393 e. The minimum absolute atomic E-state index is 0.0218. The van der Waals surface area contributed by atoms with Gasteiger partial charge in [-0.1, -0.05) is 37.3 Å². The van der Waals surface area contributed by atoms with Crippen LogP contribution in [0.3, 0.4) is 0 Å². The van der Waals surface area contributed by atoms with Gasteiger partial charge in [0.1, 0.15) is 0 Å². The molecule has 1 aliphatic heterocycles. The number of hydrogen-bond donors (Lipinski definition) is 0. The average molecular weight is 244 g/mol. The van der Waals surface area contributed by atoms with Crippen LogP contribution in [0.5, 0.6) is 0 Å². The Bertz CT molecular complexity index is 494. The Morgan fingerprint density at radius 3 is 2.50 bits per heavy atom. The van der Waals surface area contributed by atoms with E-state index in [1.165, 1.54) is 5.56 Å². The molecule has 2 fully saturated rings. The summed E-state index contributed by atoms with van der Waals surface area (Å²) in [6.45, 7) is 2.18. The van der Waals surface area contributed by atoms with E-state index in [1.54, 1.807) is 0 Å². The fourth-order valence-corrected chi connectivity index (χ4v) is 3.29. The first kappa shape index (κ1) is 11.5. The highest BCUT2D eigenvalue weighted by Gasteiger charge is 2.51. The second kappa shape index (κ2) is 3.94. The highest BCUT2D eigenvalue weighted by molar-refractivity contribution is 5.96. The molecule has 0 radical (unpaired) electrons. The third-order valence-corrected chi connectivity index (χ3v) is 4.44. The molecule has 2 aliphatic rings. The van der Waals surface area contributed by atoms with Crippen LogP contribution in [0.15, 0.2) is 30.3 Å². The molecular weight excluding hydrogens is 228 g/mol. The molecule has 1 saturated heterocycles. The van der Waals surface area contributed by atoms with Crippen LogP contribution in [-0.4, -0.2) is 11.9 Å². The van der Waals surface area contributed by atoms with Crippen LogP contribution in [0.25, 0.3) is 0 Å². The maximum atomic E-state index is 11.7. The molecule has 3 atom stereocenters. The van der Waals surface area contributed by atoms with E-state index in [0.717, 1.165) is 12.8 Å². The number of cyclic esters (lactones) is 2. The minimum atomic E-state index is -0.327. The predicted molar refractivity (Wildman–Crippen MR) is 65.7 cm³/mol. The van der Waals surface area contributed by atoms with Gasteiger partial charge in [0, 0.05) is 0 Å². The summed E-state index contributed by atoms with van der Waals surface area (Å²) in [4.78, 5) is 23.2. The lowest BCUT2D eigenvalue weighted by Gasteiger charge is -2.37. The normalized spacial score (nSPS) is 35.2. The Labute approximate surface area is 106 Å². The molecule has 3 rings (SSSR count). The van der Waals surface area contributed by atoms with E-state index in [0.29, 0.717) is 6.42 Å². The van der Waals surface area contributed by atoms with Crippen molar-refractivity contribution in [1.29, 1.82) is 0 Å². The van der Waals surface area contributed by atoms with E-state index in [1.807, 2.05) is 18.2 Å². The standard InChI is InChI=1S/C15H16O3/c1-15(10-5-3-2-4-6-10)8-7-11-12(9-15)14(17)18-13(11)16/h2-6,11-12H,7-9H2,1H3. The average Bonchev–Trinajstić information content (AvgIpc) is 2.65. The maximum Gasteiger partial charge on any atom is 0.317 e. The topological polar surface area (TPSA) is 43.4 Å². The first-order valence-electron chi connectivity index (χ1n) is 6.41. The lowest BCUT2D eigenvalue weighted by Crippen LogP contribution is -2.36. The summed E-state index contributed by atoms with van der Waals surface area (Å²) >= 11 is 0. The highest BCUT2D eigenvalue weighted by Crippen LogP contribution is 2.47. The number of rotatable bonds is 1. The first-order valence-corrected chi connectivity index (χ1v) is 6.41. The van der Waals surface area contributed by atoms with Gasteiger partial charge in [-0.2, -0.15) is 0 Å². The van der Waals surface area contributed by atoms with Crippen molar-refractivity contribution in [2.24, 2.45) is 11.8 Å². The molecule has 3 heteroatoms.